The molecule has 2 rings (SSSR count). The second-order valence-corrected chi connectivity index (χ2v) is 3.75. The lowest BCUT2D eigenvalue weighted by molar-refractivity contribution is -0.131. The van der Waals surface area contributed by atoms with Crippen molar-refractivity contribution in [2.75, 3.05) is 7.11 Å². The number of fused-ring (bicyclic) bond motifs is 1. The van der Waals surface area contributed by atoms with Gasteiger partial charge in [-0.25, -0.2) is 4.79 Å². The van der Waals surface area contributed by atoms with Gasteiger partial charge in [-0.3, -0.25) is 0 Å². The first kappa shape index (κ1) is 11.3. The number of rotatable bonds is 3. The molecule has 0 bridgehead atoms. The van der Waals surface area contributed by atoms with E-state index in [9.17, 15) is 4.79 Å². The predicted octanol–water partition coefficient (Wildman–Crippen LogP) is 2.66. The Morgan fingerprint density at radius 3 is 2.88 bits per heavy atom. The maximum atomic E-state index is 10.7. The molecule has 2 aromatic rings. The number of nitrogens with one attached hydrogen (secondary N) is 1. The van der Waals surface area contributed by atoms with Gasteiger partial charge >= 0.3 is 5.97 Å². The van der Waals surface area contributed by atoms with Crippen molar-refractivity contribution < 1.29 is 14.6 Å². The molecule has 17 heavy (non-hydrogen) atoms. The Morgan fingerprint density at radius 2 is 2.24 bits per heavy atom. The molecule has 0 aliphatic rings. The highest BCUT2D eigenvalue weighted by atomic mass is 16.5. The number of aliphatic carboxylic acids is 1. The maximum absolute atomic E-state index is 10.7. The van der Waals surface area contributed by atoms with Gasteiger partial charge in [-0.1, -0.05) is 12.1 Å². The number of para-hydroxylation sites is 1. The molecule has 0 fully saturated rings. The van der Waals surface area contributed by atoms with Crippen LogP contribution in [0.5, 0.6) is 5.75 Å². The van der Waals surface area contributed by atoms with Crippen molar-refractivity contribution in [1.82, 2.24) is 4.98 Å². The van der Waals surface area contributed by atoms with E-state index in [2.05, 4.69) is 4.98 Å². The van der Waals surface area contributed by atoms with Crippen molar-refractivity contribution in [3.05, 3.63) is 36.0 Å². The number of carbonyl (C=O) groups is 1. The van der Waals surface area contributed by atoms with Gasteiger partial charge in [-0.2, -0.15) is 0 Å². The Morgan fingerprint density at radius 1 is 1.47 bits per heavy atom. The lowest BCUT2D eigenvalue weighted by Gasteiger charge is -2.02. The summed E-state index contributed by atoms with van der Waals surface area (Å²) in [5.74, 6) is -0.198. The van der Waals surface area contributed by atoms with E-state index in [0.29, 0.717) is 5.57 Å². The van der Waals surface area contributed by atoms with Crippen molar-refractivity contribution in [2.45, 2.75) is 6.92 Å². The fourth-order valence-electron chi connectivity index (χ4n) is 1.89. The molecule has 2 N–H and O–H groups in total. The average molecular weight is 231 g/mol. The summed E-state index contributed by atoms with van der Waals surface area (Å²) in [6, 6.07) is 5.67. The van der Waals surface area contributed by atoms with Crippen LogP contribution in [0.2, 0.25) is 0 Å². The molecule has 88 valence electrons. The minimum absolute atomic E-state index is 0.706. The zero-order valence-corrected chi connectivity index (χ0v) is 9.65. The Kier molecular flexibility index (Phi) is 2.87. The molecule has 1 aromatic carbocycles. The lowest BCUT2D eigenvalue weighted by atomic mass is 10.1. The van der Waals surface area contributed by atoms with Crippen LogP contribution in [-0.2, 0) is 4.79 Å². The van der Waals surface area contributed by atoms with Crippen LogP contribution in [0.25, 0.3) is 16.5 Å². The minimum Gasteiger partial charge on any atom is -0.495 e. The molecule has 0 spiro atoms. The number of H-pyrrole nitrogens is 1. The summed E-state index contributed by atoms with van der Waals surface area (Å²) < 4.78 is 5.23. The fraction of sp³-hybridized carbons (Fsp3) is 0.154. The molecule has 0 saturated heterocycles. The average Bonchev–Trinajstić information content (AvgIpc) is 2.71. The van der Waals surface area contributed by atoms with Gasteiger partial charge in [-0.05, 0) is 18.6 Å². The van der Waals surface area contributed by atoms with Crippen LogP contribution in [0.4, 0.5) is 0 Å². The molecular formula is C13H13NO3. The molecule has 0 saturated carbocycles. The van der Waals surface area contributed by atoms with Crippen molar-refractivity contribution in [3.63, 3.8) is 0 Å². The minimum atomic E-state index is -0.945. The summed E-state index contributed by atoms with van der Waals surface area (Å²) in [5.41, 5.74) is 2.46. The molecule has 0 amide bonds. The molecule has 0 radical (unpaired) electrons. The quantitative estimate of drug-likeness (QED) is 0.798. The summed E-state index contributed by atoms with van der Waals surface area (Å²) in [4.78, 5) is 13.8. The lowest BCUT2D eigenvalue weighted by Crippen LogP contribution is -1.89. The monoisotopic (exact) mass is 231 g/mol. The fourth-order valence-corrected chi connectivity index (χ4v) is 1.89. The van der Waals surface area contributed by atoms with E-state index in [1.807, 2.05) is 18.2 Å². The first-order chi connectivity index (χ1) is 8.13. The highest BCUT2D eigenvalue weighted by Gasteiger charge is 2.09. The van der Waals surface area contributed by atoms with Crippen LogP contribution in [0.15, 0.2) is 30.5 Å². The number of benzene rings is 1. The Balaban J connectivity index is 2.61. The molecule has 0 atom stereocenters. The number of carboxylic acids is 1. The molecule has 1 aromatic heterocycles. The summed E-state index contributed by atoms with van der Waals surface area (Å²) in [7, 11) is 1.61. The Hall–Kier alpha value is -2.23. The molecule has 1 heterocycles. The third-order valence-corrected chi connectivity index (χ3v) is 2.66. The van der Waals surface area contributed by atoms with Crippen molar-refractivity contribution >= 4 is 22.4 Å². The van der Waals surface area contributed by atoms with Gasteiger partial charge in [0, 0.05) is 23.2 Å². The van der Waals surface area contributed by atoms with Crippen LogP contribution >= 0.6 is 0 Å². The zero-order chi connectivity index (χ0) is 12.4. The van der Waals surface area contributed by atoms with Crippen LogP contribution in [0, 0.1) is 0 Å². The van der Waals surface area contributed by atoms with Gasteiger partial charge in [0.2, 0.25) is 0 Å². The van der Waals surface area contributed by atoms with E-state index >= 15 is 0 Å². The summed E-state index contributed by atoms with van der Waals surface area (Å²) in [5, 5.41) is 9.70. The normalized spacial score (nSPS) is 11.8. The van der Waals surface area contributed by atoms with Crippen LogP contribution in [0.3, 0.4) is 0 Å². The van der Waals surface area contributed by atoms with Gasteiger partial charge in [0.25, 0.3) is 0 Å². The SMILES string of the molecule is COc1cccc2c(/C(C)=C\C(=O)O)c[nH]c12. The summed E-state index contributed by atoms with van der Waals surface area (Å²) >= 11 is 0. The standard InChI is InChI=1S/C13H13NO3/c1-8(6-12(15)16)10-7-14-13-9(10)4-3-5-11(13)17-2/h3-7,14H,1-2H3,(H,15,16)/b8-6-. The van der Waals surface area contributed by atoms with Gasteiger partial charge in [0.15, 0.2) is 0 Å². The number of carboxylic acid groups (broad SMARTS) is 1. The second kappa shape index (κ2) is 4.33. The van der Waals surface area contributed by atoms with Crippen molar-refractivity contribution in [3.8, 4) is 5.75 Å². The number of ether oxygens (including phenoxy) is 1. The van der Waals surface area contributed by atoms with Gasteiger partial charge in [0.1, 0.15) is 5.75 Å². The number of hydrogen-bond acceptors (Lipinski definition) is 2. The van der Waals surface area contributed by atoms with Crippen molar-refractivity contribution in [2.24, 2.45) is 0 Å². The van der Waals surface area contributed by atoms with E-state index in [1.165, 1.54) is 6.08 Å². The van der Waals surface area contributed by atoms with E-state index in [1.54, 1.807) is 20.2 Å². The maximum Gasteiger partial charge on any atom is 0.328 e. The van der Waals surface area contributed by atoms with Crippen LogP contribution in [-0.4, -0.2) is 23.2 Å². The molecule has 0 aliphatic heterocycles. The van der Waals surface area contributed by atoms with Gasteiger partial charge < -0.3 is 14.8 Å². The third kappa shape index (κ3) is 2.01. The molecule has 4 nitrogen and oxygen atoms in total. The summed E-state index contributed by atoms with van der Waals surface area (Å²) in [6.45, 7) is 1.77. The molecular weight excluding hydrogens is 218 g/mol. The van der Waals surface area contributed by atoms with Crippen LogP contribution in [0.1, 0.15) is 12.5 Å². The molecule has 0 aliphatic carbocycles. The highest BCUT2D eigenvalue weighted by molar-refractivity contribution is 5.99. The first-order valence-electron chi connectivity index (χ1n) is 5.19. The van der Waals surface area contributed by atoms with E-state index in [4.69, 9.17) is 9.84 Å². The number of allylic oxidation sites excluding steroid dienone is 1. The first-order valence-corrected chi connectivity index (χ1v) is 5.19. The molecule has 4 heteroatoms. The van der Waals surface area contributed by atoms with E-state index < -0.39 is 5.97 Å². The van der Waals surface area contributed by atoms with Crippen molar-refractivity contribution in [1.29, 1.82) is 0 Å². The Bertz CT molecular complexity index is 596. The summed E-state index contributed by atoms with van der Waals surface area (Å²) in [6.07, 6.45) is 2.99. The topological polar surface area (TPSA) is 62.3 Å². The van der Waals surface area contributed by atoms with Gasteiger partial charge in [-0.15, -0.1) is 0 Å². The van der Waals surface area contributed by atoms with E-state index in [0.717, 1.165) is 22.2 Å². The second-order valence-electron chi connectivity index (χ2n) is 3.75. The zero-order valence-electron chi connectivity index (χ0n) is 9.65. The Labute approximate surface area is 98.5 Å². The number of hydrogen-bond donors (Lipinski definition) is 2. The number of methoxy groups -OCH3 is 1. The molecule has 0 unspecified atom stereocenters. The number of aromatic amines is 1. The largest absolute Gasteiger partial charge is 0.495 e. The van der Waals surface area contributed by atoms with Gasteiger partial charge in [0.05, 0.1) is 12.6 Å². The highest BCUT2D eigenvalue weighted by Crippen LogP contribution is 2.30. The smallest absolute Gasteiger partial charge is 0.328 e. The van der Waals surface area contributed by atoms with Crippen LogP contribution < -0.4 is 4.74 Å². The third-order valence-electron chi connectivity index (χ3n) is 2.66. The predicted molar refractivity (Wildman–Crippen MR) is 66.1 cm³/mol. The number of aromatic nitrogens is 1. The van der Waals surface area contributed by atoms with E-state index in [-0.39, 0.29) is 0 Å².